The van der Waals surface area contributed by atoms with Crippen LogP contribution in [0.4, 0.5) is 0 Å². The molecule has 0 aromatic carbocycles. The number of rotatable bonds is 6. The lowest BCUT2D eigenvalue weighted by Crippen LogP contribution is -2.17. The molecule has 20 heavy (non-hydrogen) atoms. The molecule has 0 aliphatic carbocycles. The fraction of sp³-hybridized carbons (Fsp3) is 0.533. The van der Waals surface area contributed by atoms with E-state index in [1.54, 1.807) is 12.2 Å². The van der Waals surface area contributed by atoms with Gasteiger partial charge >= 0.3 is 11.9 Å². The average molecular weight is 392 g/mol. The molecule has 0 amide bonds. The lowest BCUT2D eigenvalue weighted by atomic mass is 10.2. The van der Waals surface area contributed by atoms with Crippen LogP contribution in [0.3, 0.4) is 0 Å². The third-order valence-electron chi connectivity index (χ3n) is 2.24. The molecule has 0 N–H and O–H groups in total. The first-order valence-electron chi connectivity index (χ1n) is 6.63. The Morgan fingerprint density at radius 1 is 1.05 bits per heavy atom. The van der Waals surface area contributed by atoms with E-state index in [-0.39, 0.29) is 17.8 Å². The predicted molar refractivity (Wildman–Crippen MR) is 87.8 cm³/mol. The van der Waals surface area contributed by atoms with Gasteiger partial charge in [-0.1, -0.05) is 54.5 Å². The SMILES string of the molecule is CC(C)COC(=O)C1=C(C(=O)OCC(C)C)I=CC=C1. The van der Waals surface area contributed by atoms with Crippen LogP contribution in [0.2, 0.25) is 0 Å². The Kier molecular flexibility index (Phi) is 7.12. The minimum Gasteiger partial charge on any atom is -0.462 e. The van der Waals surface area contributed by atoms with E-state index in [1.807, 2.05) is 31.7 Å². The van der Waals surface area contributed by atoms with Crippen LogP contribution in [0, 0.1) is 11.8 Å². The van der Waals surface area contributed by atoms with Crippen molar-refractivity contribution in [2.24, 2.45) is 11.8 Å². The largest absolute Gasteiger partial charge is 0.462 e. The molecule has 4 nitrogen and oxygen atoms in total. The maximum Gasteiger partial charge on any atom is 0.344 e. The van der Waals surface area contributed by atoms with Crippen molar-refractivity contribution in [2.75, 3.05) is 13.2 Å². The second kappa shape index (κ2) is 8.34. The molecule has 0 saturated carbocycles. The summed E-state index contributed by atoms with van der Waals surface area (Å²) >= 11 is -0.632. The van der Waals surface area contributed by atoms with Crippen LogP contribution in [0.1, 0.15) is 27.7 Å². The van der Waals surface area contributed by atoms with E-state index >= 15 is 0 Å². The molecule has 1 heterocycles. The minimum atomic E-state index is -0.632. The molecule has 0 aromatic heterocycles. The highest BCUT2D eigenvalue weighted by Crippen LogP contribution is 2.26. The Morgan fingerprint density at radius 2 is 1.60 bits per heavy atom. The third kappa shape index (κ3) is 5.56. The van der Waals surface area contributed by atoms with Crippen LogP contribution in [0.15, 0.2) is 21.3 Å². The van der Waals surface area contributed by atoms with Crippen LogP contribution in [-0.2, 0) is 19.1 Å². The summed E-state index contributed by atoms with van der Waals surface area (Å²) < 4.78 is 12.8. The van der Waals surface area contributed by atoms with Crippen molar-refractivity contribution in [3.63, 3.8) is 0 Å². The van der Waals surface area contributed by atoms with Gasteiger partial charge in [-0.25, -0.2) is 9.59 Å². The normalized spacial score (nSPS) is 14.5. The van der Waals surface area contributed by atoms with Gasteiger partial charge < -0.3 is 9.47 Å². The zero-order valence-corrected chi connectivity index (χ0v) is 14.5. The number of carbonyl (C=O) groups is 2. The molecule has 112 valence electrons. The summed E-state index contributed by atoms with van der Waals surface area (Å²) in [5, 5.41) is 0. The summed E-state index contributed by atoms with van der Waals surface area (Å²) in [5.41, 5.74) is 0.356. The number of hydrogen-bond donors (Lipinski definition) is 0. The molecule has 0 fully saturated rings. The van der Waals surface area contributed by atoms with Crippen LogP contribution >= 0.6 is 20.7 Å². The van der Waals surface area contributed by atoms with Crippen molar-refractivity contribution in [2.45, 2.75) is 27.7 Å². The number of ether oxygens (including phenoxy) is 2. The van der Waals surface area contributed by atoms with Crippen molar-refractivity contribution in [3.05, 3.63) is 21.3 Å². The van der Waals surface area contributed by atoms with Crippen LogP contribution in [-0.4, -0.2) is 29.2 Å². The number of allylic oxidation sites excluding steroid dienone is 1. The van der Waals surface area contributed by atoms with E-state index in [2.05, 4.69) is 0 Å². The molecule has 0 aromatic rings. The molecule has 0 saturated heterocycles. The van der Waals surface area contributed by atoms with Crippen molar-refractivity contribution >= 4 is 36.7 Å². The second-order valence-corrected chi connectivity index (χ2v) is 7.73. The fourth-order valence-corrected chi connectivity index (χ4v) is 3.22. The quantitative estimate of drug-likeness (QED) is 0.515. The summed E-state index contributed by atoms with van der Waals surface area (Å²) in [6.07, 6.45) is 3.44. The summed E-state index contributed by atoms with van der Waals surface area (Å²) in [6, 6.07) is 0. The zero-order chi connectivity index (χ0) is 15.1. The molecule has 0 spiro atoms. The van der Waals surface area contributed by atoms with Gasteiger partial charge in [0, 0.05) is 0 Å². The first-order chi connectivity index (χ1) is 9.41. The Bertz CT molecular complexity index is 416. The Labute approximate surface area is 130 Å². The molecule has 0 bridgehead atoms. The molecule has 0 unspecified atom stereocenters. The van der Waals surface area contributed by atoms with E-state index in [4.69, 9.17) is 9.47 Å². The lowest BCUT2D eigenvalue weighted by Gasteiger charge is -2.13. The van der Waals surface area contributed by atoms with E-state index in [1.165, 1.54) is 0 Å². The third-order valence-corrected chi connectivity index (χ3v) is 4.66. The molecule has 1 aliphatic rings. The van der Waals surface area contributed by atoms with Crippen molar-refractivity contribution in [3.8, 4) is 0 Å². The van der Waals surface area contributed by atoms with E-state index in [0.29, 0.717) is 22.4 Å². The van der Waals surface area contributed by atoms with Crippen LogP contribution < -0.4 is 0 Å². The zero-order valence-electron chi connectivity index (χ0n) is 12.3. The van der Waals surface area contributed by atoms with Crippen LogP contribution in [0.25, 0.3) is 0 Å². The Hall–Kier alpha value is -0.980. The molecule has 0 radical (unpaired) electrons. The van der Waals surface area contributed by atoms with E-state index < -0.39 is 26.7 Å². The first-order valence-corrected chi connectivity index (χ1v) is 8.96. The summed E-state index contributed by atoms with van der Waals surface area (Å²) in [7, 11) is 0. The van der Waals surface area contributed by atoms with Gasteiger partial charge in [0.1, 0.15) is 3.58 Å². The fourth-order valence-electron chi connectivity index (χ4n) is 1.30. The summed E-state index contributed by atoms with van der Waals surface area (Å²) in [5.74, 6) is -0.273. The lowest BCUT2D eigenvalue weighted by molar-refractivity contribution is -0.142. The minimum absolute atomic E-state index is 0.268. The smallest absolute Gasteiger partial charge is 0.344 e. The summed E-state index contributed by atoms with van der Waals surface area (Å²) in [6.45, 7) is 8.60. The summed E-state index contributed by atoms with van der Waals surface area (Å²) in [4.78, 5) is 24.1. The van der Waals surface area contributed by atoms with E-state index in [9.17, 15) is 9.59 Å². The topological polar surface area (TPSA) is 52.6 Å². The molecule has 1 aliphatic heterocycles. The number of hydrogen-bond acceptors (Lipinski definition) is 4. The number of esters is 2. The number of halogens is 1. The van der Waals surface area contributed by atoms with Gasteiger partial charge in [-0.2, -0.15) is 0 Å². The monoisotopic (exact) mass is 392 g/mol. The molecular formula is C15H21IO4. The number of carbonyl (C=O) groups excluding carboxylic acids is 2. The van der Waals surface area contributed by atoms with Gasteiger partial charge in [-0.15, -0.1) is 0 Å². The average Bonchev–Trinajstić information content (AvgIpc) is 2.42. The standard InChI is InChI=1S/C15H21IO4/c1-10(2)8-19-14(17)12-6-5-7-16-13(12)15(18)20-9-11(3)4/h5-7,10-11H,8-9H2,1-4H3. The predicted octanol–water partition coefficient (Wildman–Crippen LogP) is 2.98. The Morgan fingerprint density at radius 3 is 2.15 bits per heavy atom. The van der Waals surface area contributed by atoms with Crippen molar-refractivity contribution in [1.29, 1.82) is 0 Å². The molecule has 5 heteroatoms. The molecular weight excluding hydrogens is 371 g/mol. The van der Waals surface area contributed by atoms with E-state index in [0.717, 1.165) is 0 Å². The first kappa shape index (κ1) is 17.1. The van der Waals surface area contributed by atoms with Gasteiger partial charge in [-0.3, -0.25) is 0 Å². The second-order valence-electron chi connectivity index (χ2n) is 5.31. The van der Waals surface area contributed by atoms with Gasteiger partial charge in [0.25, 0.3) is 0 Å². The molecule has 1 rings (SSSR count). The van der Waals surface area contributed by atoms with Crippen LogP contribution in [0.5, 0.6) is 0 Å². The molecule has 0 atom stereocenters. The van der Waals surface area contributed by atoms with Gasteiger partial charge in [0.2, 0.25) is 0 Å². The van der Waals surface area contributed by atoms with Crippen molar-refractivity contribution in [1.82, 2.24) is 0 Å². The maximum atomic E-state index is 12.0. The Balaban J connectivity index is 2.81. The maximum absolute atomic E-state index is 12.0. The highest BCUT2D eigenvalue weighted by atomic mass is 127. The van der Waals surface area contributed by atoms with Gasteiger partial charge in [0.05, 0.1) is 18.8 Å². The highest BCUT2D eigenvalue weighted by molar-refractivity contribution is 14.2. The highest BCUT2D eigenvalue weighted by Gasteiger charge is 2.22. The van der Waals surface area contributed by atoms with Gasteiger partial charge in [0.15, 0.2) is 0 Å². The van der Waals surface area contributed by atoms with Crippen molar-refractivity contribution < 1.29 is 19.1 Å². The van der Waals surface area contributed by atoms with Gasteiger partial charge in [-0.05, 0) is 21.9 Å².